The number of hydrogen-bond acceptors (Lipinski definition) is 4. The summed E-state index contributed by atoms with van der Waals surface area (Å²) in [6, 6.07) is 5.01. The number of nitrogens with zero attached hydrogens (tertiary/aromatic N) is 4. The molecule has 0 unspecified atom stereocenters. The summed E-state index contributed by atoms with van der Waals surface area (Å²) in [5, 5.41) is 0. The van der Waals surface area contributed by atoms with Gasteiger partial charge in [0.25, 0.3) is 0 Å². The largest absolute Gasteiger partial charge is 0.343 e. The molecule has 8 heteroatoms. The van der Waals surface area contributed by atoms with Crippen molar-refractivity contribution >= 4 is 27.0 Å². The average molecular weight is 378 g/mol. The van der Waals surface area contributed by atoms with E-state index in [9.17, 15) is 13.2 Å². The van der Waals surface area contributed by atoms with Crippen LogP contribution in [-0.2, 0) is 21.4 Å². The second kappa shape index (κ2) is 7.75. The van der Waals surface area contributed by atoms with Gasteiger partial charge >= 0.3 is 0 Å². The molecule has 1 saturated heterocycles. The van der Waals surface area contributed by atoms with Crippen LogP contribution in [0.1, 0.15) is 33.1 Å². The maximum Gasteiger partial charge on any atom is 0.243 e. The molecule has 2 heterocycles. The quantitative estimate of drug-likeness (QED) is 0.739. The van der Waals surface area contributed by atoms with E-state index >= 15 is 0 Å². The first-order chi connectivity index (χ1) is 12.5. The van der Waals surface area contributed by atoms with Gasteiger partial charge in [-0.3, -0.25) is 4.79 Å². The summed E-state index contributed by atoms with van der Waals surface area (Å²) in [7, 11) is -3.50. The number of amides is 1. The van der Waals surface area contributed by atoms with Crippen molar-refractivity contribution < 1.29 is 13.2 Å². The van der Waals surface area contributed by atoms with Crippen molar-refractivity contribution in [2.45, 2.75) is 44.6 Å². The van der Waals surface area contributed by atoms with Crippen LogP contribution in [0.15, 0.2) is 29.4 Å². The Labute approximate surface area is 154 Å². The molecular weight excluding hydrogens is 352 g/mol. The number of hydrogen-bond donors (Lipinski definition) is 0. The molecule has 0 bridgehead atoms. The summed E-state index contributed by atoms with van der Waals surface area (Å²) >= 11 is 0. The molecule has 142 valence electrons. The van der Waals surface area contributed by atoms with Crippen LogP contribution in [0.25, 0.3) is 11.0 Å². The Morgan fingerprint density at radius 1 is 1.19 bits per heavy atom. The molecule has 0 aliphatic carbocycles. The highest BCUT2D eigenvalue weighted by Gasteiger charge is 2.22. The van der Waals surface area contributed by atoms with Gasteiger partial charge in [0, 0.05) is 39.1 Å². The van der Waals surface area contributed by atoms with E-state index in [1.807, 2.05) is 23.3 Å². The summed E-state index contributed by atoms with van der Waals surface area (Å²) in [6.07, 6.45) is 4.29. The minimum atomic E-state index is -3.50. The second-order valence-electron chi connectivity index (χ2n) is 6.52. The monoisotopic (exact) mass is 378 g/mol. The highest BCUT2D eigenvalue weighted by atomic mass is 32.2. The summed E-state index contributed by atoms with van der Waals surface area (Å²) in [5.41, 5.74) is 1.48. The van der Waals surface area contributed by atoms with E-state index in [1.54, 1.807) is 24.5 Å². The highest BCUT2D eigenvalue weighted by molar-refractivity contribution is 7.89. The maximum atomic E-state index is 12.6. The van der Waals surface area contributed by atoms with Crippen LogP contribution in [0.2, 0.25) is 0 Å². The molecule has 0 saturated carbocycles. The molecule has 26 heavy (non-hydrogen) atoms. The molecule has 1 amide bonds. The molecule has 1 fully saturated rings. The first kappa shape index (κ1) is 18.8. The summed E-state index contributed by atoms with van der Waals surface area (Å²) in [6.45, 7) is 6.78. The minimum Gasteiger partial charge on any atom is -0.343 e. The molecule has 7 nitrogen and oxygen atoms in total. The summed E-state index contributed by atoms with van der Waals surface area (Å²) in [4.78, 5) is 18.7. The topological polar surface area (TPSA) is 75.5 Å². The minimum absolute atomic E-state index is 0.171. The molecule has 0 N–H and O–H groups in total. The van der Waals surface area contributed by atoms with Crippen LogP contribution in [0.5, 0.6) is 0 Å². The van der Waals surface area contributed by atoms with E-state index in [1.165, 1.54) is 4.31 Å². The van der Waals surface area contributed by atoms with Crippen molar-refractivity contribution in [2.75, 3.05) is 26.2 Å². The lowest BCUT2D eigenvalue weighted by Gasteiger charge is -2.18. The van der Waals surface area contributed by atoms with Crippen molar-refractivity contribution in [3.8, 4) is 0 Å². The zero-order chi connectivity index (χ0) is 18.7. The van der Waals surface area contributed by atoms with Gasteiger partial charge in [0.15, 0.2) is 0 Å². The van der Waals surface area contributed by atoms with Crippen molar-refractivity contribution in [1.82, 2.24) is 18.8 Å². The van der Waals surface area contributed by atoms with Crippen LogP contribution in [0.3, 0.4) is 0 Å². The lowest BCUT2D eigenvalue weighted by Crippen LogP contribution is -2.30. The highest BCUT2D eigenvalue weighted by Crippen LogP contribution is 2.21. The number of fused-ring (bicyclic) bond motifs is 1. The SMILES string of the molecule is CCN(CC)S(=O)(=O)c1ccc2c(c1)ncn2CCC(=O)N1CCCC1. The number of aromatic nitrogens is 2. The average Bonchev–Trinajstić information content (AvgIpc) is 3.30. The molecule has 1 aromatic carbocycles. The van der Waals surface area contributed by atoms with Crippen LogP contribution in [-0.4, -0.2) is 59.3 Å². The van der Waals surface area contributed by atoms with E-state index < -0.39 is 10.0 Å². The standard InChI is InChI=1S/C18H26N4O3S/c1-3-22(4-2)26(24,25)15-7-8-17-16(13-15)19-14-21(17)12-9-18(23)20-10-5-6-11-20/h7-8,13-14H,3-6,9-12H2,1-2H3. The van der Waals surface area contributed by atoms with E-state index in [0.717, 1.165) is 31.4 Å². The molecule has 1 aromatic heterocycles. The van der Waals surface area contributed by atoms with Gasteiger partial charge in [-0.2, -0.15) is 4.31 Å². The number of rotatable bonds is 7. The van der Waals surface area contributed by atoms with Gasteiger partial charge < -0.3 is 9.47 Å². The molecule has 3 rings (SSSR count). The van der Waals surface area contributed by atoms with Gasteiger partial charge in [-0.1, -0.05) is 13.8 Å². The lowest BCUT2D eigenvalue weighted by molar-refractivity contribution is -0.130. The first-order valence-corrected chi connectivity index (χ1v) is 10.6. The van der Waals surface area contributed by atoms with Crippen molar-refractivity contribution in [2.24, 2.45) is 0 Å². The maximum absolute atomic E-state index is 12.6. The zero-order valence-corrected chi connectivity index (χ0v) is 16.2. The molecule has 1 aliphatic heterocycles. The third-order valence-electron chi connectivity index (χ3n) is 4.96. The van der Waals surface area contributed by atoms with Crippen molar-refractivity contribution in [1.29, 1.82) is 0 Å². The molecule has 1 aliphatic rings. The fourth-order valence-electron chi connectivity index (χ4n) is 3.44. The molecule has 0 spiro atoms. The predicted molar refractivity (Wildman–Crippen MR) is 100 cm³/mol. The third-order valence-corrected chi connectivity index (χ3v) is 7.01. The van der Waals surface area contributed by atoms with Crippen molar-refractivity contribution in [3.63, 3.8) is 0 Å². The van der Waals surface area contributed by atoms with Gasteiger partial charge in [-0.05, 0) is 31.0 Å². The number of carbonyl (C=O) groups is 1. The number of carbonyl (C=O) groups excluding carboxylic acids is 1. The van der Waals surface area contributed by atoms with Crippen LogP contribution in [0, 0.1) is 0 Å². The number of sulfonamides is 1. The smallest absolute Gasteiger partial charge is 0.243 e. The van der Waals surface area contributed by atoms with Gasteiger partial charge in [0.1, 0.15) is 0 Å². The normalized spacial score (nSPS) is 15.3. The first-order valence-electron chi connectivity index (χ1n) is 9.20. The van der Waals surface area contributed by atoms with Gasteiger partial charge in [-0.15, -0.1) is 0 Å². The third kappa shape index (κ3) is 3.61. The molecule has 2 aromatic rings. The van der Waals surface area contributed by atoms with E-state index in [4.69, 9.17) is 0 Å². The number of aryl methyl sites for hydroxylation is 1. The van der Waals surface area contributed by atoms with Crippen molar-refractivity contribution in [3.05, 3.63) is 24.5 Å². The van der Waals surface area contributed by atoms with E-state index in [0.29, 0.717) is 31.6 Å². The van der Waals surface area contributed by atoms with Gasteiger partial charge in [0.05, 0.1) is 22.3 Å². The lowest BCUT2D eigenvalue weighted by atomic mass is 10.3. The Kier molecular flexibility index (Phi) is 5.62. The molecule has 0 atom stereocenters. The summed E-state index contributed by atoms with van der Waals surface area (Å²) < 4.78 is 28.6. The Morgan fingerprint density at radius 3 is 2.54 bits per heavy atom. The van der Waals surface area contributed by atoms with Gasteiger partial charge in [0.2, 0.25) is 15.9 Å². The number of likely N-dealkylation sites (tertiary alicyclic amines) is 1. The zero-order valence-electron chi connectivity index (χ0n) is 15.4. The Bertz CT molecular complexity index is 881. The van der Waals surface area contributed by atoms with E-state index in [-0.39, 0.29) is 10.8 Å². The molecule has 0 radical (unpaired) electrons. The Morgan fingerprint density at radius 2 is 1.88 bits per heavy atom. The van der Waals surface area contributed by atoms with Gasteiger partial charge in [-0.25, -0.2) is 13.4 Å². The number of benzene rings is 1. The van der Waals surface area contributed by atoms with Crippen LogP contribution in [0.4, 0.5) is 0 Å². The van der Waals surface area contributed by atoms with Crippen LogP contribution < -0.4 is 0 Å². The van der Waals surface area contributed by atoms with E-state index in [2.05, 4.69) is 4.98 Å². The van der Waals surface area contributed by atoms with Crippen LogP contribution >= 0.6 is 0 Å². The predicted octanol–water partition coefficient (Wildman–Crippen LogP) is 2.08. The molecular formula is C18H26N4O3S. The Balaban J connectivity index is 1.78. The number of imidazole rings is 1. The fourth-order valence-corrected chi connectivity index (χ4v) is 4.91. The second-order valence-corrected chi connectivity index (χ2v) is 8.45. The summed E-state index contributed by atoms with van der Waals surface area (Å²) in [5.74, 6) is 0.171. The fraction of sp³-hybridized carbons (Fsp3) is 0.556. The Hall–Kier alpha value is -1.93.